The first-order valence-electron chi connectivity index (χ1n) is 19.8. The van der Waals surface area contributed by atoms with Gasteiger partial charge in [-0.1, -0.05) is 0 Å². The molecule has 4 aromatic rings. The van der Waals surface area contributed by atoms with Gasteiger partial charge in [-0.3, -0.25) is 4.90 Å². The predicted octanol–water partition coefficient (Wildman–Crippen LogP) is -5.36. The molecule has 0 saturated heterocycles. The molecular formula is C38H58AsN8O12+. The van der Waals surface area contributed by atoms with Crippen molar-refractivity contribution in [2.24, 2.45) is 0 Å². The van der Waals surface area contributed by atoms with Crippen LogP contribution in [0.25, 0.3) is 22.2 Å². The van der Waals surface area contributed by atoms with Crippen LogP contribution >= 0.6 is 0 Å². The third-order valence-electron chi connectivity index (χ3n) is 11.2. The molecule has 1 saturated carbocycles. The van der Waals surface area contributed by atoms with Gasteiger partial charge in [0.2, 0.25) is 0 Å². The molecule has 3 heterocycles. The second-order valence-electron chi connectivity index (χ2n) is 15.0. The summed E-state index contributed by atoms with van der Waals surface area (Å²) >= 11 is 1.19. The van der Waals surface area contributed by atoms with Crippen LogP contribution in [0.3, 0.4) is 0 Å². The fourth-order valence-electron chi connectivity index (χ4n) is 7.77. The molecule has 326 valence electrons. The van der Waals surface area contributed by atoms with Crippen LogP contribution in [-0.2, 0) is 19.6 Å². The molecule has 1 fully saturated rings. The molecule has 21 heteroatoms. The Morgan fingerprint density at radius 1 is 0.864 bits per heavy atom. The van der Waals surface area contributed by atoms with E-state index < -0.39 is 62.0 Å². The number of aromatic amines is 1. The zero-order valence-corrected chi connectivity index (χ0v) is 35.5. The van der Waals surface area contributed by atoms with E-state index in [4.69, 9.17) is 0 Å². The number of aliphatic hydroxyl groups excluding tert-OH is 10. The molecule has 0 radical (unpaired) electrons. The quantitative estimate of drug-likeness (QED) is 0.0291. The summed E-state index contributed by atoms with van der Waals surface area (Å²) in [6.45, 7) is 2.90. The monoisotopic (exact) mass is 893 g/mol. The first-order valence-corrected chi connectivity index (χ1v) is 21.0. The van der Waals surface area contributed by atoms with E-state index in [0.717, 1.165) is 16.9 Å². The summed E-state index contributed by atoms with van der Waals surface area (Å²) in [5, 5.41) is 107. The van der Waals surface area contributed by atoms with Crippen LogP contribution in [0.4, 0.5) is 0 Å². The number of imidazole rings is 1. The number of rotatable bonds is 20. The van der Waals surface area contributed by atoms with Crippen LogP contribution in [0, 0.1) is 0 Å². The molecule has 1 aromatic carbocycles. The Morgan fingerprint density at radius 2 is 1.46 bits per heavy atom. The van der Waals surface area contributed by atoms with E-state index >= 15 is 0 Å². The number of benzene rings is 1. The number of aliphatic hydroxyl groups is 10. The summed E-state index contributed by atoms with van der Waals surface area (Å²) in [5.41, 5.74) is 3.61. The molecule has 0 spiro atoms. The molecule has 1 aliphatic rings. The Bertz CT molecular complexity index is 2000. The first-order chi connectivity index (χ1) is 28.1. The summed E-state index contributed by atoms with van der Waals surface area (Å²) < 4.78 is 4.70. The number of H-pyrrole nitrogens is 1. The standard InChI is InChI=1S/C38H57AsN8O12/c1-3-46-23-10-5-19(13-24(23)47(4-2)29(46)14-41-38(59)30-35(39)44-36-22(43-30)11-12-40-36)37(58)42-20-6-8-21(9-7-20)45(15-25(50)31(54)33(56)27(52)17-48)16-26(51)32(55)34(57)28(53)18-49/h5,10-13,20-21,25-28,31-34,48-57H,3-4,6-9,14-18,39H2,1-2H3,(H2-,40,41,42,43,44,58,59)/p+1/t20-,21+,25-,26-,27+,28+,31+,32+,33+,34+/m0/s1. The average Bonchev–Trinajstić information content (AvgIpc) is 3.83. The van der Waals surface area contributed by atoms with Crippen LogP contribution in [0.5, 0.6) is 0 Å². The van der Waals surface area contributed by atoms with E-state index in [0.29, 0.717) is 60.0 Å². The Kier molecular flexibility index (Phi) is 16.3. The molecule has 3 aromatic heterocycles. The topological polar surface area (TPSA) is 314 Å². The number of hydrogen-bond acceptors (Lipinski definition) is 15. The van der Waals surface area contributed by atoms with Crippen LogP contribution in [0.15, 0.2) is 30.5 Å². The maximum atomic E-state index is 13.7. The minimum absolute atomic E-state index is 0.207. The summed E-state index contributed by atoms with van der Waals surface area (Å²) in [6, 6.07) is 6.57. The number of fused-ring (bicyclic) bond motifs is 2. The molecule has 2 amide bonds. The molecule has 20 nitrogen and oxygen atoms in total. The van der Waals surface area contributed by atoms with Crippen molar-refractivity contribution in [2.75, 3.05) is 26.3 Å². The van der Waals surface area contributed by atoms with Crippen LogP contribution in [0.2, 0.25) is 0 Å². The van der Waals surface area contributed by atoms with Gasteiger partial charge in [0, 0.05) is 25.2 Å². The number of carbonyl (C=O) groups is 2. The summed E-state index contributed by atoms with van der Waals surface area (Å²) in [4.78, 5) is 40.5. The SMILES string of the molecule is CCn1c(CNC(=O)c2nc3cc[nH]c3nc2[AsH2])[n+](CC)c2ccc(C(=O)N[C@H]3CC[C@@H](N(C[C@H](O)[C@@H](O)[C@H](O)[C@H](O)CO)C[C@H](O)[C@@H](O)[C@H](O)[C@H](O)CO)CC3)cc21. The van der Waals surface area contributed by atoms with Crippen molar-refractivity contribution in [2.45, 2.75) is 120 Å². The third-order valence-corrected chi connectivity index (χ3v) is 12.0. The zero-order valence-electron chi connectivity index (χ0n) is 33.0. The first kappa shape index (κ1) is 46.4. The second kappa shape index (κ2) is 20.8. The van der Waals surface area contributed by atoms with E-state index in [1.807, 2.05) is 26.0 Å². The Hall–Kier alpha value is -3.63. The number of carbonyl (C=O) groups excluding carboxylic acids is 2. The van der Waals surface area contributed by atoms with Gasteiger partial charge < -0.3 is 51.1 Å². The van der Waals surface area contributed by atoms with E-state index in [-0.39, 0.29) is 49.2 Å². The number of amides is 2. The Morgan fingerprint density at radius 3 is 2.02 bits per heavy atom. The van der Waals surface area contributed by atoms with E-state index in [9.17, 15) is 60.7 Å². The number of aryl methyl sites for hydroxylation is 2. The van der Waals surface area contributed by atoms with Gasteiger partial charge in [-0.2, -0.15) is 0 Å². The maximum absolute atomic E-state index is 13.7. The van der Waals surface area contributed by atoms with E-state index in [2.05, 4.69) is 34.7 Å². The summed E-state index contributed by atoms with van der Waals surface area (Å²) in [7, 11) is 0. The molecule has 1 unspecified atom stereocenters. The van der Waals surface area contributed by atoms with Gasteiger partial charge >= 0.3 is 181 Å². The number of aromatic nitrogens is 5. The van der Waals surface area contributed by atoms with E-state index in [1.54, 1.807) is 23.2 Å². The number of nitrogens with zero attached hydrogens (tertiary/aromatic N) is 5. The minimum atomic E-state index is -1.89. The molecule has 13 N–H and O–H groups in total. The Balaban J connectivity index is 1.26. The van der Waals surface area contributed by atoms with Gasteiger partial charge in [-0.25, -0.2) is 0 Å². The van der Waals surface area contributed by atoms with Gasteiger partial charge in [0.15, 0.2) is 0 Å². The van der Waals surface area contributed by atoms with Gasteiger partial charge in [-0.15, -0.1) is 0 Å². The normalized spacial score (nSPS) is 20.2. The van der Waals surface area contributed by atoms with Gasteiger partial charge in [0.1, 0.15) is 36.6 Å². The van der Waals surface area contributed by atoms with Gasteiger partial charge in [-0.05, 0) is 25.7 Å². The molecular weight excluding hydrogens is 835 g/mol. The van der Waals surface area contributed by atoms with Crippen molar-refractivity contribution in [3.8, 4) is 0 Å². The molecule has 1 aliphatic carbocycles. The van der Waals surface area contributed by atoms with Crippen LogP contribution in [-0.4, -0.2) is 191 Å². The molecule has 9 atom stereocenters. The average molecular weight is 894 g/mol. The molecule has 5 rings (SSSR count). The van der Waals surface area contributed by atoms with Crippen LogP contribution < -0.4 is 19.7 Å². The number of nitrogens with one attached hydrogen (secondary N) is 3. The number of hydrogen-bond donors (Lipinski definition) is 13. The van der Waals surface area contributed by atoms with Crippen molar-refractivity contribution >= 4 is 55.3 Å². The van der Waals surface area contributed by atoms with Gasteiger partial charge in [0.05, 0.1) is 25.4 Å². The molecule has 0 bridgehead atoms. The van der Waals surface area contributed by atoms with E-state index in [1.165, 1.54) is 16.9 Å². The van der Waals surface area contributed by atoms with Crippen molar-refractivity contribution in [1.29, 1.82) is 0 Å². The zero-order chi connectivity index (χ0) is 43.1. The van der Waals surface area contributed by atoms with Crippen molar-refractivity contribution in [3.63, 3.8) is 0 Å². The summed E-state index contributed by atoms with van der Waals surface area (Å²) in [6.07, 6.45) is -10.9. The molecule has 0 aliphatic heterocycles. The molecule has 59 heavy (non-hydrogen) atoms. The summed E-state index contributed by atoms with van der Waals surface area (Å²) in [5.74, 6) is 0.199. The fraction of sp³-hybridized carbons (Fsp3) is 0.605. The van der Waals surface area contributed by atoms with Crippen molar-refractivity contribution in [1.82, 2.24) is 35.1 Å². The second-order valence-corrected chi connectivity index (χ2v) is 16.1. The van der Waals surface area contributed by atoms with Crippen molar-refractivity contribution in [3.05, 3.63) is 47.5 Å². The van der Waals surface area contributed by atoms with Gasteiger partial charge in [0.25, 0.3) is 0 Å². The fourth-order valence-corrected chi connectivity index (χ4v) is 8.45. The Labute approximate surface area is 348 Å². The third kappa shape index (κ3) is 10.6. The predicted molar refractivity (Wildman–Crippen MR) is 214 cm³/mol. The van der Waals surface area contributed by atoms with Crippen LogP contribution in [0.1, 0.15) is 66.2 Å². The van der Waals surface area contributed by atoms with Crippen molar-refractivity contribution < 1.29 is 65.2 Å².